The van der Waals surface area contributed by atoms with Crippen molar-refractivity contribution < 1.29 is 23.5 Å². The smallest absolute Gasteiger partial charge is 0.355 e. The monoisotopic (exact) mass is 627 g/mol. The van der Waals surface area contributed by atoms with Crippen LogP contribution in [0.3, 0.4) is 0 Å². The molecule has 0 aromatic heterocycles. The maximum atomic E-state index is 13.1. The molecule has 0 spiro atoms. The third-order valence-corrected chi connectivity index (χ3v) is 12.6. The van der Waals surface area contributed by atoms with Gasteiger partial charge >= 0.3 is 5.97 Å². The van der Waals surface area contributed by atoms with Crippen molar-refractivity contribution in [2.75, 3.05) is 19.8 Å². The molecule has 2 aromatic rings. The summed E-state index contributed by atoms with van der Waals surface area (Å²) in [5, 5.41) is 0.965. The maximum absolute atomic E-state index is 13.1. The molecule has 210 valence electrons. The Kier molecular flexibility index (Phi) is 10.4. The molecule has 0 bridgehead atoms. The van der Waals surface area contributed by atoms with Gasteiger partial charge in [0, 0.05) is 6.54 Å². The predicted molar refractivity (Wildman–Crippen MR) is 161 cm³/mol. The highest BCUT2D eigenvalue weighted by atomic mass is 35.6. The fourth-order valence-electron chi connectivity index (χ4n) is 4.61. The van der Waals surface area contributed by atoms with E-state index in [0.717, 1.165) is 22.1 Å². The van der Waals surface area contributed by atoms with E-state index in [4.69, 9.17) is 44.0 Å². The van der Waals surface area contributed by atoms with Crippen LogP contribution in [0.2, 0.25) is 5.04 Å². The van der Waals surface area contributed by atoms with E-state index in [9.17, 15) is 14.4 Å². The van der Waals surface area contributed by atoms with Gasteiger partial charge in [0.2, 0.25) is 14.8 Å². The lowest BCUT2D eigenvalue weighted by Crippen LogP contribution is -2.67. The zero-order valence-electron chi connectivity index (χ0n) is 22.5. The Bertz CT molecular complexity index is 1190. The van der Waals surface area contributed by atoms with Crippen molar-refractivity contribution >= 4 is 82.2 Å². The number of ether oxygens (including phenoxy) is 1. The van der Waals surface area contributed by atoms with Crippen LogP contribution in [0.1, 0.15) is 34.6 Å². The van der Waals surface area contributed by atoms with E-state index in [2.05, 4.69) is 45.0 Å². The second kappa shape index (κ2) is 12.8. The van der Waals surface area contributed by atoms with E-state index in [0.29, 0.717) is 5.57 Å². The number of alkyl halides is 3. The van der Waals surface area contributed by atoms with E-state index in [1.807, 2.05) is 36.4 Å². The fourth-order valence-corrected chi connectivity index (χ4v) is 10.3. The number of halogens is 3. The van der Waals surface area contributed by atoms with Crippen LogP contribution in [0, 0.1) is 0 Å². The summed E-state index contributed by atoms with van der Waals surface area (Å²) in [5.41, 5.74) is 0.657. The molecule has 0 saturated carbocycles. The number of hydrogen-bond acceptors (Lipinski definition) is 6. The second-order valence-electron chi connectivity index (χ2n) is 10.4. The van der Waals surface area contributed by atoms with Crippen molar-refractivity contribution in [1.29, 1.82) is 0 Å². The van der Waals surface area contributed by atoms with Crippen LogP contribution < -0.4 is 10.4 Å². The molecule has 1 fully saturated rings. The van der Waals surface area contributed by atoms with Crippen molar-refractivity contribution in [3.8, 4) is 0 Å². The van der Waals surface area contributed by atoms with Gasteiger partial charge in [0.25, 0.3) is 8.32 Å². The van der Waals surface area contributed by atoms with Gasteiger partial charge in [-0.1, -0.05) is 128 Å². The van der Waals surface area contributed by atoms with E-state index < -0.39 is 29.9 Å². The molecule has 1 heterocycles. The molecule has 1 amide bonds. The Morgan fingerprint density at radius 3 is 1.90 bits per heavy atom. The van der Waals surface area contributed by atoms with Gasteiger partial charge in [-0.2, -0.15) is 0 Å². The summed E-state index contributed by atoms with van der Waals surface area (Å²) in [6, 6.07) is 20.0. The molecule has 1 aliphatic heterocycles. The second-order valence-corrected chi connectivity index (χ2v) is 18.5. The Balaban J connectivity index is 1.73. The minimum absolute atomic E-state index is 0.0853. The molecule has 1 aliphatic rings. The highest BCUT2D eigenvalue weighted by molar-refractivity contribution is 8.14. The van der Waals surface area contributed by atoms with Gasteiger partial charge in [0.1, 0.15) is 24.2 Å². The molecule has 0 aliphatic carbocycles. The lowest BCUT2D eigenvalue weighted by molar-refractivity contribution is -0.147. The third-order valence-electron chi connectivity index (χ3n) is 6.29. The third kappa shape index (κ3) is 7.48. The Labute approximate surface area is 250 Å². The number of benzene rings is 2. The number of carbonyl (C=O) groups is 3. The van der Waals surface area contributed by atoms with Crippen molar-refractivity contribution in [3.05, 3.63) is 71.9 Å². The molecular weight excluding hydrogens is 597 g/mol. The van der Waals surface area contributed by atoms with Gasteiger partial charge in [0.15, 0.2) is 0 Å². The number of likely N-dealkylation sites (tertiary alicyclic amines) is 1. The minimum atomic E-state index is -2.89. The first-order chi connectivity index (χ1) is 18.2. The van der Waals surface area contributed by atoms with Gasteiger partial charge in [-0.15, -0.1) is 0 Å². The Morgan fingerprint density at radius 1 is 0.974 bits per heavy atom. The van der Waals surface area contributed by atoms with Crippen LogP contribution in [0.4, 0.5) is 0 Å². The summed E-state index contributed by atoms with van der Waals surface area (Å²) < 4.78 is 9.97. The Morgan fingerprint density at radius 2 is 1.49 bits per heavy atom. The SMILES string of the molecule is CC(C)=C(C(=O)OCC(Cl)(Cl)Cl)N1CC(SC(=O)CO[Si](c2ccccc2)(c2ccccc2)C(C)(C)C)C1=O. The topological polar surface area (TPSA) is 72.9 Å². The van der Waals surface area contributed by atoms with Crippen molar-refractivity contribution in [2.24, 2.45) is 0 Å². The maximum Gasteiger partial charge on any atom is 0.355 e. The summed E-state index contributed by atoms with van der Waals surface area (Å²) in [6.07, 6.45) is 0. The minimum Gasteiger partial charge on any atom is -0.456 e. The summed E-state index contributed by atoms with van der Waals surface area (Å²) in [7, 11) is -2.89. The van der Waals surface area contributed by atoms with Crippen molar-refractivity contribution in [2.45, 2.75) is 48.7 Å². The van der Waals surface area contributed by atoms with Gasteiger partial charge < -0.3 is 14.1 Å². The molecule has 6 nitrogen and oxygen atoms in total. The van der Waals surface area contributed by atoms with Crippen LogP contribution in [0.15, 0.2) is 71.9 Å². The van der Waals surface area contributed by atoms with E-state index >= 15 is 0 Å². The standard InChI is InChI=1S/C28H32Cl3NO5SSi/c1-19(2)24(26(35)36-18-28(29,30)31)32-16-22(25(32)34)38-23(33)17-37-39(27(3,4)5,20-12-8-6-9-13-20)21-14-10-7-11-15-21/h6-15,22H,16-18H2,1-5H3. The number of amides is 1. The van der Waals surface area contributed by atoms with Crippen LogP contribution in [-0.4, -0.2) is 59.0 Å². The average molecular weight is 629 g/mol. The Hall–Kier alpha value is -1.81. The first kappa shape index (κ1) is 31.7. The van der Waals surface area contributed by atoms with Gasteiger partial charge in [-0.3, -0.25) is 9.59 Å². The summed E-state index contributed by atoms with van der Waals surface area (Å²) in [6.45, 7) is 9.34. The van der Waals surface area contributed by atoms with Crippen LogP contribution in [0.25, 0.3) is 0 Å². The number of thioether (sulfide) groups is 1. The first-order valence-corrected chi connectivity index (χ1v) is 16.3. The number of hydrogen-bond donors (Lipinski definition) is 0. The fraction of sp³-hybridized carbons (Fsp3) is 0.393. The van der Waals surface area contributed by atoms with Crippen LogP contribution in [0.5, 0.6) is 0 Å². The number of nitrogens with zero attached hydrogens (tertiary/aromatic N) is 1. The predicted octanol–water partition coefficient (Wildman–Crippen LogP) is 5.24. The highest BCUT2D eigenvalue weighted by Crippen LogP contribution is 2.37. The van der Waals surface area contributed by atoms with Gasteiger partial charge in [0.05, 0.1) is 0 Å². The average Bonchev–Trinajstić information content (AvgIpc) is 2.86. The van der Waals surface area contributed by atoms with Crippen LogP contribution in [-0.2, 0) is 23.5 Å². The largest absolute Gasteiger partial charge is 0.456 e. The first-order valence-electron chi connectivity index (χ1n) is 12.3. The molecular formula is C28H32Cl3NO5SSi. The summed E-state index contributed by atoms with van der Waals surface area (Å²) in [4.78, 5) is 40.0. The van der Waals surface area contributed by atoms with Crippen molar-refractivity contribution in [1.82, 2.24) is 4.90 Å². The summed E-state index contributed by atoms with van der Waals surface area (Å²) in [5.74, 6) is -1.12. The lowest BCUT2D eigenvalue weighted by atomic mass is 10.1. The molecule has 11 heteroatoms. The molecule has 1 atom stereocenters. The van der Waals surface area contributed by atoms with E-state index in [1.165, 1.54) is 4.90 Å². The zero-order valence-corrected chi connectivity index (χ0v) is 26.6. The number of β-lactam (4-membered cyclic amide) rings is 1. The molecule has 1 unspecified atom stereocenters. The van der Waals surface area contributed by atoms with Gasteiger partial charge in [-0.05, 0) is 34.8 Å². The van der Waals surface area contributed by atoms with Crippen LogP contribution >= 0.6 is 46.6 Å². The molecule has 2 aromatic carbocycles. The molecule has 3 rings (SSSR count). The molecule has 1 saturated heterocycles. The number of allylic oxidation sites excluding steroid dienone is 1. The van der Waals surface area contributed by atoms with E-state index in [-0.39, 0.29) is 34.9 Å². The number of carbonyl (C=O) groups excluding carboxylic acids is 3. The number of esters is 1. The van der Waals surface area contributed by atoms with Crippen molar-refractivity contribution in [3.63, 3.8) is 0 Å². The highest BCUT2D eigenvalue weighted by Gasteiger charge is 2.51. The molecule has 0 radical (unpaired) electrons. The quantitative estimate of drug-likeness (QED) is 0.124. The summed E-state index contributed by atoms with van der Waals surface area (Å²) >= 11 is 17.9. The normalized spacial score (nSPS) is 15.9. The van der Waals surface area contributed by atoms with E-state index in [1.54, 1.807) is 13.8 Å². The molecule has 39 heavy (non-hydrogen) atoms. The number of rotatable bonds is 9. The lowest BCUT2D eigenvalue weighted by Gasteiger charge is -2.43. The van der Waals surface area contributed by atoms with Gasteiger partial charge in [-0.25, -0.2) is 4.79 Å². The molecule has 0 N–H and O–H groups in total. The zero-order chi connectivity index (χ0) is 29.0.